The van der Waals surface area contributed by atoms with Crippen molar-refractivity contribution in [3.05, 3.63) is 73.5 Å². The van der Waals surface area contributed by atoms with E-state index in [2.05, 4.69) is 5.32 Å². The maximum Gasteiger partial charge on any atom is 0.251 e. The molecule has 0 atom stereocenters. The molecule has 134 valence electrons. The van der Waals surface area contributed by atoms with Gasteiger partial charge in [0.05, 0.1) is 15.6 Å². The van der Waals surface area contributed by atoms with E-state index in [0.29, 0.717) is 15.7 Å². The summed E-state index contributed by atoms with van der Waals surface area (Å²) in [5.74, 6) is -0.310. The van der Waals surface area contributed by atoms with E-state index in [1.54, 1.807) is 24.3 Å². The van der Waals surface area contributed by atoms with E-state index in [4.69, 9.17) is 23.2 Å². The van der Waals surface area contributed by atoms with E-state index in [1.165, 1.54) is 4.57 Å². The second-order valence-corrected chi connectivity index (χ2v) is 7.22. The molecule has 3 rings (SSSR count). The average molecular weight is 389 g/mol. The smallest absolute Gasteiger partial charge is 0.251 e. The average Bonchev–Trinajstić information content (AvgIpc) is 2.55. The summed E-state index contributed by atoms with van der Waals surface area (Å²) in [5.41, 5.74) is 4.09. The number of aryl methyl sites for hydroxylation is 3. The van der Waals surface area contributed by atoms with E-state index in [-0.39, 0.29) is 18.0 Å². The molecule has 0 bridgehead atoms. The van der Waals surface area contributed by atoms with Gasteiger partial charge in [0.1, 0.15) is 6.54 Å². The first-order valence-corrected chi connectivity index (χ1v) is 8.88. The van der Waals surface area contributed by atoms with Crippen molar-refractivity contribution in [2.24, 2.45) is 0 Å². The number of rotatable bonds is 3. The highest BCUT2D eigenvalue weighted by atomic mass is 35.5. The van der Waals surface area contributed by atoms with Crippen LogP contribution in [0.25, 0.3) is 10.9 Å². The number of pyridine rings is 1. The summed E-state index contributed by atoms with van der Waals surface area (Å²) in [4.78, 5) is 25.0. The van der Waals surface area contributed by atoms with Gasteiger partial charge >= 0.3 is 0 Å². The Hall–Kier alpha value is -2.30. The molecule has 0 saturated carbocycles. The van der Waals surface area contributed by atoms with Crippen LogP contribution in [0.4, 0.5) is 5.69 Å². The molecule has 0 aliphatic carbocycles. The van der Waals surface area contributed by atoms with Crippen LogP contribution in [0.2, 0.25) is 10.0 Å². The molecule has 0 aliphatic heterocycles. The minimum Gasteiger partial charge on any atom is -0.324 e. The first-order valence-electron chi connectivity index (χ1n) is 8.12. The molecule has 1 aromatic heterocycles. The lowest BCUT2D eigenvalue weighted by molar-refractivity contribution is -0.116. The molecule has 1 amide bonds. The van der Waals surface area contributed by atoms with Gasteiger partial charge in [0.2, 0.25) is 5.91 Å². The molecule has 0 unspecified atom stereocenters. The summed E-state index contributed by atoms with van der Waals surface area (Å²) >= 11 is 11.9. The molecule has 3 aromatic rings. The highest BCUT2D eigenvalue weighted by molar-refractivity contribution is 6.42. The monoisotopic (exact) mass is 388 g/mol. The maximum absolute atomic E-state index is 12.5. The van der Waals surface area contributed by atoms with Gasteiger partial charge in [0.25, 0.3) is 5.56 Å². The number of amides is 1. The molecule has 1 N–H and O–H groups in total. The van der Waals surface area contributed by atoms with Crippen LogP contribution in [0.5, 0.6) is 0 Å². The van der Waals surface area contributed by atoms with Gasteiger partial charge in [-0.25, -0.2) is 0 Å². The predicted molar refractivity (Wildman–Crippen MR) is 108 cm³/mol. The van der Waals surface area contributed by atoms with Gasteiger partial charge in [-0.05, 0) is 56.2 Å². The zero-order valence-corrected chi connectivity index (χ0v) is 16.2. The Morgan fingerprint density at radius 3 is 2.42 bits per heavy atom. The first kappa shape index (κ1) is 18.5. The number of aromatic nitrogens is 1. The zero-order chi connectivity index (χ0) is 19.0. The number of hydrogen-bond acceptors (Lipinski definition) is 2. The SMILES string of the molecule is Cc1cc(C)c2c(c1)c(C)cc(=O)n2CC(=O)Nc1ccc(Cl)c(Cl)c1. The van der Waals surface area contributed by atoms with Crippen molar-refractivity contribution >= 4 is 45.7 Å². The molecule has 0 spiro atoms. The molecular weight excluding hydrogens is 371 g/mol. The van der Waals surface area contributed by atoms with Crippen LogP contribution < -0.4 is 10.9 Å². The highest BCUT2D eigenvalue weighted by Gasteiger charge is 2.13. The van der Waals surface area contributed by atoms with Crippen molar-refractivity contribution in [3.63, 3.8) is 0 Å². The van der Waals surface area contributed by atoms with Crippen LogP contribution in [-0.4, -0.2) is 10.5 Å². The van der Waals surface area contributed by atoms with Crippen molar-refractivity contribution in [3.8, 4) is 0 Å². The predicted octanol–water partition coefficient (Wildman–Crippen LogP) is 4.87. The van der Waals surface area contributed by atoms with Crippen LogP contribution in [0.1, 0.15) is 16.7 Å². The van der Waals surface area contributed by atoms with Crippen LogP contribution in [0.3, 0.4) is 0 Å². The summed E-state index contributed by atoms with van der Waals surface area (Å²) in [7, 11) is 0. The summed E-state index contributed by atoms with van der Waals surface area (Å²) in [6.45, 7) is 5.78. The van der Waals surface area contributed by atoms with Gasteiger partial charge in [-0.1, -0.05) is 34.8 Å². The van der Waals surface area contributed by atoms with E-state index in [9.17, 15) is 9.59 Å². The molecule has 0 aliphatic rings. The van der Waals surface area contributed by atoms with Gasteiger partial charge in [0, 0.05) is 17.1 Å². The lowest BCUT2D eigenvalue weighted by Gasteiger charge is -2.15. The van der Waals surface area contributed by atoms with E-state index < -0.39 is 0 Å². The number of halogens is 2. The Labute approximate surface area is 161 Å². The Kier molecular flexibility index (Phi) is 5.08. The Morgan fingerprint density at radius 2 is 1.73 bits per heavy atom. The largest absolute Gasteiger partial charge is 0.324 e. The fourth-order valence-electron chi connectivity index (χ4n) is 3.14. The van der Waals surface area contributed by atoms with Gasteiger partial charge in [-0.15, -0.1) is 0 Å². The number of benzene rings is 2. The van der Waals surface area contributed by atoms with Gasteiger partial charge in [0.15, 0.2) is 0 Å². The van der Waals surface area contributed by atoms with Gasteiger partial charge < -0.3 is 5.32 Å². The Balaban J connectivity index is 1.99. The molecule has 0 saturated heterocycles. The van der Waals surface area contributed by atoms with E-state index in [0.717, 1.165) is 27.6 Å². The Bertz CT molecular complexity index is 1090. The summed E-state index contributed by atoms with van der Waals surface area (Å²) in [5, 5.41) is 4.50. The summed E-state index contributed by atoms with van der Waals surface area (Å²) in [6, 6.07) is 10.5. The minimum absolute atomic E-state index is 0.0836. The quantitative estimate of drug-likeness (QED) is 0.695. The van der Waals surface area contributed by atoms with Crippen LogP contribution in [0, 0.1) is 20.8 Å². The lowest BCUT2D eigenvalue weighted by Crippen LogP contribution is -2.28. The molecule has 26 heavy (non-hydrogen) atoms. The molecule has 0 fully saturated rings. The van der Waals surface area contributed by atoms with E-state index in [1.807, 2.05) is 32.9 Å². The van der Waals surface area contributed by atoms with Crippen LogP contribution in [-0.2, 0) is 11.3 Å². The summed E-state index contributed by atoms with van der Waals surface area (Å²) in [6.07, 6.45) is 0. The summed E-state index contributed by atoms with van der Waals surface area (Å²) < 4.78 is 1.50. The van der Waals surface area contributed by atoms with Crippen molar-refractivity contribution in [1.29, 1.82) is 0 Å². The van der Waals surface area contributed by atoms with Crippen molar-refractivity contribution in [1.82, 2.24) is 4.57 Å². The van der Waals surface area contributed by atoms with Crippen LogP contribution >= 0.6 is 23.2 Å². The minimum atomic E-state index is -0.310. The van der Waals surface area contributed by atoms with Gasteiger partial charge in [-0.3, -0.25) is 14.2 Å². The second-order valence-electron chi connectivity index (χ2n) is 6.41. The lowest BCUT2D eigenvalue weighted by atomic mass is 10.0. The fourth-order valence-corrected chi connectivity index (χ4v) is 3.44. The third kappa shape index (κ3) is 3.62. The van der Waals surface area contributed by atoms with Crippen molar-refractivity contribution < 1.29 is 4.79 Å². The standard InChI is InChI=1S/C20H18Cl2N2O2/c1-11-6-13(3)20-15(7-11)12(2)8-19(26)24(20)10-18(25)23-14-4-5-16(21)17(22)9-14/h4-9H,10H2,1-3H3,(H,23,25). The molecule has 6 heteroatoms. The Morgan fingerprint density at radius 1 is 1.00 bits per heavy atom. The molecule has 0 radical (unpaired) electrons. The fraction of sp³-hybridized carbons (Fsp3) is 0.200. The second kappa shape index (κ2) is 7.14. The molecule has 4 nitrogen and oxygen atoms in total. The van der Waals surface area contributed by atoms with Crippen molar-refractivity contribution in [2.75, 3.05) is 5.32 Å². The highest BCUT2D eigenvalue weighted by Crippen LogP contribution is 2.25. The van der Waals surface area contributed by atoms with E-state index >= 15 is 0 Å². The third-order valence-electron chi connectivity index (χ3n) is 4.25. The van der Waals surface area contributed by atoms with Gasteiger partial charge in [-0.2, -0.15) is 0 Å². The maximum atomic E-state index is 12.5. The number of hydrogen-bond donors (Lipinski definition) is 1. The van der Waals surface area contributed by atoms with Crippen molar-refractivity contribution in [2.45, 2.75) is 27.3 Å². The number of carbonyl (C=O) groups excluding carboxylic acids is 1. The number of carbonyl (C=O) groups is 1. The number of anilines is 1. The topological polar surface area (TPSA) is 51.1 Å². The van der Waals surface area contributed by atoms with Crippen LogP contribution in [0.15, 0.2) is 41.2 Å². The molecular formula is C20H18Cl2N2O2. The first-order chi connectivity index (χ1) is 12.3. The zero-order valence-electron chi connectivity index (χ0n) is 14.7. The number of nitrogens with zero attached hydrogens (tertiary/aromatic N) is 1. The molecule has 2 aromatic carbocycles. The number of fused-ring (bicyclic) bond motifs is 1. The molecule has 1 heterocycles. The number of nitrogens with one attached hydrogen (secondary N) is 1. The third-order valence-corrected chi connectivity index (χ3v) is 4.99. The normalized spacial score (nSPS) is 11.0.